The number of imide groups is 1. The van der Waals surface area contributed by atoms with Crippen LogP contribution in [-0.4, -0.2) is 52.5 Å². The van der Waals surface area contributed by atoms with E-state index in [-0.39, 0.29) is 71.0 Å². The standard InChI is InChI=1S/C27H22N2O9/c30-21(15-5-9-20(10-6-15)38-27(34)16-3-7-19(8-4-16)29(35)36)14-37-22(31)11-12-28-25(32)23-17-1-2-18(13-17)24(23)26(28)33/h1-10,17-18,23-24H,11-14H2. The first kappa shape index (κ1) is 25.0. The summed E-state index contributed by atoms with van der Waals surface area (Å²) < 4.78 is 10.2. The van der Waals surface area contributed by atoms with Gasteiger partial charge < -0.3 is 9.47 Å². The quantitative estimate of drug-likeness (QED) is 0.0928. The van der Waals surface area contributed by atoms with E-state index in [0.717, 1.165) is 11.3 Å². The largest absolute Gasteiger partial charge is 0.457 e. The van der Waals surface area contributed by atoms with Crippen molar-refractivity contribution < 1.29 is 38.4 Å². The lowest BCUT2D eigenvalue weighted by Crippen LogP contribution is -2.35. The van der Waals surface area contributed by atoms with Crippen LogP contribution in [0.2, 0.25) is 0 Å². The average molecular weight is 518 g/mol. The number of ketones is 1. The van der Waals surface area contributed by atoms with E-state index in [1.807, 2.05) is 12.2 Å². The van der Waals surface area contributed by atoms with Crippen LogP contribution in [0, 0.1) is 33.8 Å². The third kappa shape index (κ3) is 4.70. The molecule has 1 heterocycles. The molecule has 2 fully saturated rings. The highest BCUT2D eigenvalue weighted by molar-refractivity contribution is 6.06. The maximum Gasteiger partial charge on any atom is 0.343 e. The molecule has 5 rings (SSSR count). The lowest BCUT2D eigenvalue weighted by Gasteiger charge is -2.16. The number of amides is 2. The number of likely N-dealkylation sites (tertiary alicyclic amines) is 1. The minimum absolute atomic E-state index is 0.0774. The van der Waals surface area contributed by atoms with Crippen LogP contribution in [0.3, 0.4) is 0 Å². The van der Waals surface area contributed by atoms with Crippen LogP contribution >= 0.6 is 0 Å². The van der Waals surface area contributed by atoms with Crippen LogP contribution in [-0.2, 0) is 19.1 Å². The Morgan fingerprint density at radius 3 is 2.05 bits per heavy atom. The molecule has 1 saturated heterocycles. The summed E-state index contributed by atoms with van der Waals surface area (Å²) in [5, 5.41) is 10.7. The van der Waals surface area contributed by atoms with Crippen LogP contribution in [0.5, 0.6) is 5.75 Å². The van der Waals surface area contributed by atoms with Crippen molar-refractivity contribution in [3.8, 4) is 5.75 Å². The fourth-order valence-electron chi connectivity index (χ4n) is 5.28. The molecule has 4 atom stereocenters. The number of benzene rings is 2. The number of esters is 2. The lowest BCUT2D eigenvalue weighted by atomic mass is 9.85. The van der Waals surface area contributed by atoms with Gasteiger partial charge in [0.25, 0.3) is 5.69 Å². The monoisotopic (exact) mass is 518 g/mol. The van der Waals surface area contributed by atoms with E-state index in [2.05, 4.69) is 0 Å². The highest BCUT2D eigenvalue weighted by Crippen LogP contribution is 2.52. The zero-order valence-electron chi connectivity index (χ0n) is 20.0. The topological polar surface area (TPSA) is 150 Å². The Balaban J connectivity index is 1.07. The molecule has 2 amide bonds. The number of carbonyl (C=O) groups excluding carboxylic acids is 5. The van der Waals surface area contributed by atoms with E-state index in [4.69, 9.17) is 9.47 Å². The van der Waals surface area contributed by atoms with Crippen LogP contribution in [0.25, 0.3) is 0 Å². The highest BCUT2D eigenvalue weighted by Gasteiger charge is 2.59. The summed E-state index contributed by atoms with van der Waals surface area (Å²) in [6.45, 7) is -0.603. The number of Topliss-reactive ketones (excluding diaryl/α,β-unsaturated/α-hetero) is 1. The van der Waals surface area contributed by atoms with Gasteiger partial charge in [0.2, 0.25) is 11.8 Å². The van der Waals surface area contributed by atoms with E-state index in [1.54, 1.807) is 0 Å². The number of carbonyl (C=O) groups is 5. The molecule has 0 radical (unpaired) electrons. The minimum atomic E-state index is -0.726. The van der Waals surface area contributed by atoms with Crippen molar-refractivity contribution in [3.05, 3.63) is 81.9 Å². The number of nitro groups is 1. The number of nitro benzene ring substituents is 1. The minimum Gasteiger partial charge on any atom is -0.457 e. The van der Waals surface area contributed by atoms with Crippen LogP contribution < -0.4 is 4.74 Å². The van der Waals surface area contributed by atoms with Gasteiger partial charge in [-0.2, -0.15) is 0 Å². The van der Waals surface area contributed by atoms with Crippen LogP contribution in [0.4, 0.5) is 5.69 Å². The van der Waals surface area contributed by atoms with Gasteiger partial charge in [-0.1, -0.05) is 12.2 Å². The summed E-state index contributed by atoms with van der Waals surface area (Å²) in [4.78, 5) is 73.4. The first-order chi connectivity index (χ1) is 18.2. The van der Waals surface area contributed by atoms with Crippen molar-refractivity contribution in [2.75, 3.05) is 13.2 Å². The first-order valence-electron chi connectivity index (χ1n) is 12.0. The summed E-state index contributed by atoms with van der Waals surface area (Å²) in [6.07, 6.45) is 4.62. The molecule has 0 N–H and O–H groups in total. The van der Waals surface area contributed by atoms with Crippen molar-refractivity contribution in [1.29, 1.82) is 0 Å². The number of non-ortho nitro benzene ring substituents is 1. The molecular weight excluding hydrogens is 496 g/mol. The van der Waals surface area contributed by atoms with Crippen LogP contribution in [0.15, 0.2) is 60.7 Å². The van der Waals surface area contributed by atoms with Crippen molar-refractivity contribution in [3.63, 3.8) is 0 Å². The highest BCUT2D eigenvalue weighted by atomic mass is 16.6. The van der Waals surface area contributed by atoms with Gasteiger partial charge in [-0.15, -0.1) is 0 Å². The predicted octanol–water partition coefficient (Wildman–Crippen LogP) is 2.74. The molecule has 2 aliphatic carbocycles. The van der Waals surface area contributed by atoms with E-state index < -0.39 is 29.3 Å². The number of hydrogen-bond donors (Lipinski definition) is 0. The fraction of sp³-hybridized carbons (Fsp3) is 0.296. The van der Waals surface area contributed by atoms with Gasteiger partial charge in [-0.3, -0.25) is 34.2 Å². The molecular formula is C27H22N2O9. The Bertz CT molecular complexity index is 1330. The molecule has 2 aromatic carbocycles. The molecule has 2 aromatic rings. The third-order valence-electron chi connectivity index (χ3n) is 7.17. The lowest BCUT2D eigenvalue weighted by molar-refractivity contribution is -0.384. The van der Waals surface area contributed by atoms with Crippen molar-refractivity contribution in [2.24, 2.45) is 23.7 Å². The van der Waals surface area contributed by atoms with Crippen molar-refractivity contribution in [2.45, 2.75) is 12.8 Å². The summed E-state index contributed by atoms with van der Waals surface area (Å²) in [7, 11) is 0. The Morgan fingerprint density at radius 2 is 1.47 bits per heavy atom. The maximum atomic E-state index is 12.7. The Kier molecular flexibility index (Phi) is 6.58. The van der Waals surface area contributed by atoms with E-state index >= 15 is 0 Å². The Labute approximate surface area is 216 Å². The van der Waals surface area contributed by atoms with Gasteiger partial charge in [-0.25, -0.2) is 4.79 Å². The Hall–Kier alpha value is -4.67. The number of fused-ring (bicyclic) bond motifs is 5. The van der Waals surface area contributed by atoms with Gasteiger partial charge >= 0.3 is 11.9 Å². The second-order valence-electron chi connectivity index (χ2n) is 9.38. The maximum absolute atomic E-state index is 12.7. The molecule has 4 unspecified atom stereocenters. The van der Waals surface area contributed by atoms with Gasteiger partial charge in [0, 0.05) is 24.2 Å². The van der Waals surface area contributed by atoms with Gasteiger partial charge in [0.05, 0.1) is 28.7 Å². The first-order valence-corrected chi connectivity index (χ1v) is 12.0. The second-order valence-corrected chi connectivity index (χ2v) is 9.38. The van der Waals surface area contributed by atoms with E-state index in [1.165, 1.54) is 48.5 Å². The number of hydrogen-bond acceptors (Lipinski definition) is 9. The molecule has 0 spiro atoms. The average Bonchev–Trinajstić information content (AvgIpc) is 3.60. The zero-order valence-corrected chi connectivity index (χ0v) is 20.0. The SMILES string of the molecule is O=C(CCN1C(=O)C2C3C=CC(C3)C2C1=O)OCC(=O)c1ccc(OC(=O)c2ccc([N+](=O)[O-])cc2)cc1. The normalized spacial score (nSPS) is 22.9. The second kappa shape index (κ2) is 10.0. The molecule has 1 saturated carbocycles. The molecule has 11 nitrogen and oxygen atoms in total. The van der Waals surface area contributed by atoms with Crippen LogP contribution in [0.1, 0.15) is 33.6 Å². The molecule has 2 bridgehead atoms. The van der Waals surface area contributed by atoms with Crippen molar-refractivity contribution >= 4 is 35.2 Å². The van der Waals surface area contributed by atoms with Gasteiger partial charge in [0.15, 0.2) is 12.4 Å². The summed E-state index contributed by atoms with van der Waals surface area (Å²) >= 11 is 0. The summed E-state index contributed by atoms with van der Waals surface area (Å²) in [5.74, 6) is -2.72. The summed E-state index contributed by atoms with van der Waals surface area (Å²) in [6, 6.07) is 10.5. The third-order valence-corrected chi connectivity index (χ3v) is 7.17. The fourth-order valence-corrected chi connectivity index (χ4v) is 5.28. The van der Waals surface area contributed by atoms with Gasteiger partial charge in [0.1, 0.15) is 5.75 Å². The summed E-state index contributed by atoms with van der Waals surface area (Å²) in [5.41, 5.74) is 0.176. The van der Waals surface area contributed by atoms with E-state index in [9.17, 15) is 34.1 Å². The molecule has 11 heteroatoms. The zero-order chi connectivity index (χ0) is 27.0. The number of nitrogens with zero attached hydrogens (tertiary/aromatic N) is 2. The van der Waals surface area contributed by atoms with Gasteiger partial charge in [-0.05, 0) is 54.7 Å². The number of rotatable bonds is 9. The Morgan fingerprint density at radius 1 is 0.895 bits per heavy atom. The molecule has 3 aliphatic rings. The number of ether oxygens (including phenoxy) is 2. The number of allylic oxidation sites excluding steroid dienone is 2. The smallest absolute Gasteiger partial charge is 0.343 e. The molecule has 0 aromatic heterocycles. The van der Waals surface area contributed by atoms with Crippen molar-refractivity contribution in [1.82, 2.24) is 4.90 Å². The predicted molar refractivity (Wildman–Crippen MR) is 129 cm³/mol. The molecule has 194 valence electrons. The van der Waals surface area contributed by atoms with E-state index in [0.29, 0.717) is 0 Å². The molecule has 38 heavy (non-hydrogen) atoms. The molecule has 1 aliphatic heterocycles.